The van der Waals surface area contributed by atoms with Gasteiger partial charge >= 0.3 is 0 Å². The van der Waals surface area contributed by atoms with E-state index in [4.69, 9.17) is 0 Å². The first-order valence-corrected chi connectivity index (χ1v) is 11.4. The molecule has 0 spiro atoms. The van der Waals surface area contributed by atoms with Crippen molar-refractivity contribution in [1.82, 2.24) is 25.2 Å². The first-order valence-electron chi connectivity index (χ1n) is 11.4. The normalized spacial score (nSPS) is 19.1. The number of piperazine rings is 1. The van der Waals surface area contributed by atoms with E-state index in [-0.39, 0.29) is 24.1 Å². The number of nitrogens with zero attached hydrogens (tertiary/aromatic N) is 4. The summed E-state index contributed by atoms with van der Waals surface area (Å²) in [7, 11) is 1.58. The fourth-order valence-electron chi connectivity index (χ4n) is 4.50. The van der Waals surface area contributed by atoms with E-state index in [0.717, 1.165) is 53.8 Å². The Morgan fingerprint density at radius 3 is 2.76 bits per heavy atom. The molecule has 3 N–H and O–H groups in total. The van der Waals surface area contributed by atoms with Gasteiger partial charge in [-0.15, -0.1) is 0 Å². The molecule has 4 heterocycles. The van der Waals surface area contributed by atoms with Crippen LogP contribution >= 0.6 is 0 Å². The van der Waals surface area contributed by atoms with E-state index in [1.807, 2.05) is 24.4 Å². The molecule has 1 amide bonds. The maximum atomic E-state index is 12.4. The Balaban J connectivity index is 1.28. The number of amides is 1. The van der Waals surface area contributed by atoms with Crippen LogP contribution in [0, 0.1) is 0 Å². The summed E-state index contributed by atoms with van der Waals surface area (Å²) in [6, 6.07) is 7.47. The van der Waals surface area contributed by atoms with Gasteiger partial charge in [-0.2, -0.15) is 0 Å². The lowest BCUT2D eigenvalue weighted by Crippen LogP contribution is -2.54. The highest BCUT2D eigenvalue weighted by Crippen LogP contribution is 2.38. The summed E-state index contributed by atoms with van der Waals surface area (Å²) < 4.78 is 0. The van der Waals surface area contributed by atoms with Gasteiger partial charge in [0.25, 0.3) is 11.5 Å². The monoisotopic (exact) mass is 448 g/mol. The van der Waals surface area contributed by atoms with E-state index in [1.165, 1.54) is 0 Å². The lowest BCUT2D eigenvalue weighted by atomic mass is 10.1. The number of anilines is 1. The van der Waals surface area contributed by atoms with Crippen LogP contribution in [0.25, 0.3) is 11.0 Å². The van der Waals surface area contributed by atoms with Gasteiger partial charge in [-0.25, -0.2) is 4.98 Å². The Morgan fingerprint density at radius 2 is 2.06 bits per heavy atom. The van der Waals surface area contributed by atoms with E-state index in [9.17, 15) is 14.7 Å². The summed E-state index contributed by atoms with van der Waals surface area (Å²) >= 11 is 0. The number of hydrogen-bond donors (Lipinski definition) is 3. The van der Waals surface area contributed by atoms with Gasteiger partial charge in [-0.3, -0.25) is 19.5 Å². The Kier molecular flexibility index (Phi) is 5.82. The molecular weight excluding hydrogens is 420 g/mol. The van der Waals surface area contributed by atoms with Gasteiger partial charge in [-0.1, -0.05) is 0 Å². The molecule has 9 heteroatoms. The minimum atomic E-state index is -0.214. The average Bonchev–Trinajstić information content (AvgIpc) is 3.69. The quantitative estimate of drug-likeness (QED) is 0.520. The molecule has 1 saturated carbocycles. The van der Waals surface area contributed by atoms with Crippen molar-refractivity contribution in [3.05, 3.63) is 63.8 Å². The van der Waals surface area contributed by atoms with Crippen LogP contribution in [0.1, 0.15) is 40.4 Å². The van der Waals surface area contributed by atoms with Crippen LogP contribution in [0.4, 0.5) is 5.69 Å². The van der Waals surface area contributed by atoms with Crippen molar-refractivity contribution in [2.75, 3.05) is 38.2 Å². The van der Waals surface area contributed by atoms with Crippen LogP contribution < -0.4 is 15.8 Å². The Hall–Kier alpha value is -3.30. The second kappa shape index (κ2) is 8.92. The van der Waals surface area contributed by atoms with Crippen molar-refractivity contribution >= 4 is 22.6 Å². The standard InChI is InChI=1S/C24H28N6O3/c1-25-24(33)20-5-4-17(11-27-20)30-7-6-29(18(13-30)14-31)12-15-8-22-21(26-10-15)9-19(16-2-3-16)23(32)28-22/h4-5,8-11,16,18,31H,2-3,6-7,12-14H2,1H3,(H,25,33)(H,28,32)/t18-/m0/s1. The van der Waals surface area contributed by atoms with Crippen LogP contribution in [0.3, 0.4) is 0 Å². The van der Waals surface area contributed by atoms with E-state index in [0.29, 0.717) is 24.7 Å². The molecule has 3 aromatic rings. The number of nitrogens with one attached hydrogen (secondary N) is 2. The fraction of sp³-hybridized carbons (Fsp3) is 0.417. The van der Waals surface area contributed by atoms with Gasteiger partial charge in [0.15, 0.2) is 0 Å². The SMILES string of the molecule is CNC(=O)c1ccc(N2CCN(Cc3cnc4cc(C5CC5)c(=O)[nH]c4c3)[C@H](CO)C2)cn1. The average molecular weight is 449 g/mol. The third-order valence-electron chi connectivity index (χ3n) is 6.57. The van der Waals surface area contributed by atoms with Crippen LogP contribution in [0.15, 0.2) is 41.5 Å². The van der Waals surface area contributed by atoms with Crippen molar-refractivity contribution in [3.63, 3.8) is 0 Å². The third kappa shape index (κ3) is 4.46. The molecule has 1 aliphatic heterocycles. The van der Waals surface area contributed by atoms with Crippen molar-refractivity contribution < 1.29 is 9.90 Å². The predicted octanol–water partition coefficient (Wildman–Crippen LogP) is 1.24. The molecule has 0 bridgehead atoms. The van der Waals surface area contributed by atoms with Gasteiger partial charge in [0.1, 0.15) is 5.69 Å². The largest absolute Gasteiger partial charge is 0.395 e. The lowest BCUT2D eigenvalue weighted by Gasteiger charge is -2.41. The first-order chi connectivity index (χ1) is 16.1. The molecular formula is C24H28N6O3. The molecule has 0 radical (unpaired) electrons. The van der Waals surface area contributed by atoms with Crippen molar-refractivity contribution in [1.29, 1.82) is 0 Å². The Labute approximate surface area is 191 Å². The highest BCUT2D eigenvalue weighted by Gasteiger charge is 2.28. The van der Waals surface area contributed by atoms with E-state index in [2.05, 4.69) is 30.1 Å². The van der Waals surface area contributed by atoms with Crippen LogP contribution in [-0.4, -0.2) is 70.2 Å². The highest BCUT2D eigenvalue weighted by atomic mass is 16.3. The maximum Gasteiger partial charge on any atom is 0.269 e. The molecule has 33 heavy (non-hydrogen) atoms. The van der Waals surface area contributed by atoms with Crippen molar-refractivity contribution in [2.24, 2.45) is 0 Å². The summed E-state index contributed by atoms with van der Waals surface area (Å²) in [5.74, 6) is 0.171. The molecule has 3 aromatic heterocycles. The lowest BCUT2D eigenvalue weighted by molar-refractivity contribution is 0.0958. The summed E-state index contributed by atoms with van der Waals surface area (Å²) in [5, 5.41) is 12.6. The molecule has 1 saturated heterocycles. The number of pyridine rings is 3. The molecule has 0 unspecified atom stereocenters. The van der Waals surface area contributed by atoms with Crippen molar-refractivity contribution in [3.8, 4) is 0 Å². The van der Waals surface area contributed by atoms with Crippen LogP contribution in [-0.2, 0) is 6.54 Å². The summed E-state index contributed by atoms with van der Waals surface area (Å²) in [5.41, 5.74) is 4.71. The second-order valence-corrected chi connectivity index (χ2v) is 8.84. The fourth-order valence-corrected chi connectivity index (χ4v) is 4.50. The number of aromatic nitrogens is 3. The van der Waals surface area contributed by atoms with Gasteiger partial charge in [0.2, 0.25) is 0 Å². The molecule has 5 rings (SSSR count). The number of carbonyl (C=O) groups excluding carboxylic acids is 1. The summed E-state index contributed by atoms with van der Waals surface area (Å²) in [6.07, 6.45) is 5.72. The van der Waals surface area contributed by atoms with Gasteiger partial charge in [0, 0.05) is 45.0 Å². The number of hydrogen-bond acceptors (Lipinski definition) is 7. The third-order valence-corrected chi connectivity index (χ3v) is 6.57. The van der Waals surface area contributed by atoms with E-state index in [1.54, 1.807) is 19.3 Å². The highest BCUT2D eigenvalue weighted by molar-refractivity contribution is 5.92. The van der Waals surface area contributed by atoms with Gasteiger partial charge in [0.05, 0.1) is 35.6 Å². The number of carbonyl (C=O) groups is 1. The molecule has 1 atom stereocenters. The molecule has 2 aliphatic rings. The Morgan fingerprint density at radius 1 is 1.21 bits per heavy atom. The zero-order valence-electron chi connectivity index (χ0n) is 18.6. The van der Waals surface area contributed by atoms with Gasteiger partial charge in [-0.05, 0) is 48.6 Å². The predicted molar refractivity (Wildman–Crippen MR) is 125 cm³/mol. The number of H-pyrrole nitrogens is 1. The zero-order valence-corrected chi connectivity index (χ0v) is 18.6. The van der Waals surface area contributed by atoms with Crippen molar-refractivity contribution in [2.45, 2.75) is 31.3 Å². The molecule has 9 nitrogen and oxygen atoms in total. The van der Waals surface area contributed by atoms with Gasteiger partial charge < -0.3 is 20.3 Å². The smallest absolute Gasteiger partial charge is 0.269 e. The minimum absolute atomic E-state index is 0.0122. The second-order valence-electron chi connectivity index (χ2n) is 8.84. The summed E-state index contributed by atoms with van der Waals surface area (Å²) in [6.45, 7) is 2.86. The number of aromatic amines is 1. The maximum absolute atomic E-state index is 12.4. The molecule has 1 aliphatic carbocycles. The molecule has 2 fully saturated rings. The topological polar surface area (TPSA) is 114 Å². The zero-order chi connectivity index (χ0) is 22.9. The number of rotatable bonds is 6. The first kappa shape index (κ1) is 21.5. The van der Waals surface area contributed by atoms with Crippen LogP contribution in [0.5, 0.6) is 0 Å². The minimum Gasteiger partial charge on any atom is -0.395 e. The van der Waals surface area contributed by atoms with Crippen LogP contribution in [0.2, 0.25) is 0 Å². The molecule has 172 valence electrons. The van der Waals surface area contributed by atoms with E-state index >= 15 is 0 Å². The number of fused-ring (bicyclic) bond motifs is 1. The Bertz CT molecular complexity index is 1220. The number of aliphatic hydroxyl groups excluding tert-OH is 1. The summed E-state index contributed by atoms with van der Waals surface area (Å²) in [4.78, 5) is 40.4. The van der Waals surface area contributed by atoms with E-state index < -0.39 is 0 Å². The molecule has 0 aromatic carbocycles. The number of aliphatic hydroxyl groups is 1.